The molecule has 2 aromatic rings. The first-order valence-corrected chi connectivity index (χ1v) is 6.58. The standard InChI is InChI=1S/C16H14F3NO/c1-21-15-4-2-3-13-12(15)9-14(20-13)10-5-7-11(8-6-10)16(17,18)19/h2-8,14,20H,9H2,1H3. The average molecular weight is 293 g/mol. The first-order valence-electron chi connectivity index (χ1n) is 6.58. The summed E-state index contributed by atoms with van der Waals surface area (Å²) in [6.45, 7) is 0. The highest BCUT2D eigenvalue weighted by atomic mass is 19.4. The van der Waals surface area contributed by atoms with Gasteiger partial charge in [-0.15, -0.1) is 0 Å². The van der Waals surface area contributed by atoms with Gasteiger partial charge in [-0.25, -0.2) is 0 Å². The van der Waals surface area contributed by atoms with Crippen LogP contribution in [0.2, 0.25) is 0 Å². The molecule has 2 nitrogen and oxygen atoms in total. The number of halogens is 3. The molecule has 0 aliphatic carbocycles. The Morgan fingerprint density at radius 2 is 1.81 bits per heavy atom. The fourth-order valence-corrected chi connectivity index (χ4v) is 2.65. The molecule has 21 heavy (non-hydrogen) atoms. The van der Waals surface area contributed by atoms with Gasteiger partial charge in [0.2, 0.25) is 0 Å². The highest BCUT2D eigenvalue weighted by molar-refractivity contribution is 5.63. The summed E-state index contributed by atoms with van der Waals surface area (Å²) in [6.07, 6.45) is -3.60. The molecule has 1 atom stereocenters. The second-order valence-corrected chi connectivity index (χ2v) is 5.01. The van der Waals surface area contributed by atoms with Crippen LogP contribution < -0.4 is 10.1 Å². The number of benzene rings is 2. The van der Waals surface area contributed by atoms with E-state index in [0.717, 1.165) is 34.7 Å². The number of hydrogen-bond acceptors (Lipinski definition) is 2. The summed E-state index contributed by atoms with van der Waals surface area (Å²) in [5.41, 5.74) is 2.24. The Kier molecular flexibility index (Phi) is 3.27. The van der Waals surface area contributed by atoms with Crippen molar-refractivity contribution in [3.63, 3.8) is 0 Å². The van der Waals surface area contributed by atoms with E-state index in [-0.39, 0.29) is 6.04 Å². The lowest BCUT2D eigenvalue weighted by atomic mass is 10.0. The zero-order valence-corrected chi connectivity index (χ0v) is 11.4. The third-order valence-electron chi connectivity index (χ3n) is 3.73. The topological polar surface area (TPSA) is 21.3 Å². The maximum absolute atomic E-state index is 12.6. The Bertz CT molecular complexity index is 650. The van der Waals surface area contributed by atoms with Gasteiger partial charge in [0.15, 0.2) is 0 Å². The van der Waals surface area contributed by atoms with Crippen LogP contribution in [0.4, 0.5) is 18.9 Å². The number of rotatable bonds is 2. The predicted molar refractivity (Wildman–Crippen MR) is 74.5 cm³/mol. The van der Waals surface area contributed by atoms with Crippen molar-refractivity contribution in [1.82, 2.24) is 0 Å². The summed E-state index contributed by atoms with van der Waals surface area (Å²) in [5.74, 6) is 0.800. The van der Waals surface area contributed by atoms with Crippen molar-refractivity contribution in [2.24, 2.45) is 0 Å². The molecule has 0 radical (unpaired) electrons. The lowest BCUT2D eigenvalue weighted by Gasteiger charge is -2.13. The molecule has 0 aromatic heterocycles. The molecule has 0 spiro atoms. The molecule has 0 bridgehead atoms. The van der Waals surface area contributed by atoms with E-state index in [0.29, 0.717) is 6.42 Å². The molecule has 3 rings (SSSR count). The van der Waals surface area contributed by atoms with Crippen LogP contribution in [0.15, 0.2) is 42.5 Å². The van der Waals surface area contributed by atoms with Crippen LogP contribution in [0, 0.1) is 0 Å². The Labute approximate surface area is 120 Å². The van der Waals surface area contributed by atoms with Gasteiger partial charge in [0, 0.05) is 17.7 Å². The maximum atomic E-state index is 12.6. The Morgan fingerprint density at radius 1 is 1.10 bits per heavy atom. The van der Waals surface area contributed by atoms with Crippen LogP contribution in [-0.4, -0.2) is 7.11 Å². The summed E-state index contributed by atoms with van der Waals surface area (Å²) >= 11 is 0. The summed E-state index contributed by atoms with van der Waals surface area (Å²) < 4.78 is 43.1. The largest absolute Gasteiger partial charge is 0.496 e. The van der Waals surface area contributed by atoms with Gasteiger partial charge in [-0.2, -0.15) is 13.2 Å². The zero-order chi connectivity index (χ0) is 15.0. The van der Waals surface area contributed by atoms with E-state index < -0.39 is 11.7 Å². The van der Waals surface area contributed by atoms with Crippen LogP contribution in [0.3, 0.4) is 0 Å². The monoisotopic (exact) mass is 293 g/mol. The minimum atomic E-state index is -4.30. The zero-order valence-electron chi connectivity index (χ0n) is 11.4. The quantitative estimate of drug-likeness (QED) is 0.884. The van der Waals surface area contributed by atoms with E-state index in [1.54, 1.807) is 7.11 Å². The molecule has 110 valence electrons. The molecular formula is C16H14F3NO. The number of ether oxygens (including phenoxy) is 1. The second kappa shape index (κ2) is 4.98. The van der Waals surface area contributed by atoms with Gasteiger partial charge in [0.1, 0.15) is 5.75 Å². The maximum Gasteiger partial charge on any atom is 0.416 e. The van der Waals surface area contributed by atoms with Crippen molar-refractivity contribution in [2.75, 3.05) is 12.4 Å². The lowest BCUT2D eigenvalue weighted by Crippen LogP contribution is -2.08. The molecule has 2 aromatic carbocycles. The van der Waals surface area contributed by atoms with Crippen molar-refractivity contribution in [2.45, 2.75) is 18.6 Å². The molecule has 0 saturated heterocycles. The Balaban J connectivity index is 1.84. The van der Waals surface area contributed by atoms with Gasteiger partial charge in [-0.05, 0) is 29.8 Å². The van der Waals surface area contributed by atoms with Gasteiger partial charge in [-0.3, -0.25) is 0 Å². The smallest absolute Gasteiger partial charge is 0.416 e. The first kappa shape index (κ1) is 13.8. The van der Waals surface area contributed by atoms with Crippen LogP contribution in [0.25, 0.3) is 0 Å². The van der Waals surface area contributed by atoms with E-state index in [9.17, 15) is 13.2 Å². The van der Waals surface area contributed by atoms with E-state index in [4.69, 9.17) is 4.74 Å². The molecule has 0 saturated carbocycles. The summed E-state index contributed by atoms with van der Waals surface area (Å²) in [6, 6.07) is 11.0. The molecule has 1 heterocycles. The molecule has 5 heteroatoms. The molecular weight excluding hydrogens is 279 g/mol. The fraction of sp³-hybridized carbons (Fsp3) is 0.250. The minimum absolute atomic E-state index is 0.0291. The van der Waals surface area contributed by atoms with Crippen LogP contribution in [-0.2, 0) is 12.6 Å². The van der Waals surface area contributed by atoms with Crippen molar-refractivity contribution >= 4 is 5.69 Å². The highest BCUT2D eigenvalue weighted by Gasteiger charge is 2.31. The number of hydrogen-bond donors (Lipinski definition) is 1. The van der Waals surface area contributed by atoms with Crippen molar-refractivity contribution in [1.29, 1.82) is 0 Å². The number of fused-ring (bicyclic) bond motifs is 1. The van der Waals surface area contributed by atoms with Gasteiger partial charge in [0.05, 0.1) is 18.7 Å². The highest BCUT2D eigenvalue weighted by Crippen LogP contribution is 2.39. The molecule has 1 N–H and O–H groups in total. The summed E-state index contributed by atoms with van der Waals surface area (Å²) in [7, 11) is 1.61. The fourth-order valence-electron chi connectivity index (χ4n) is 2.65. The van der Waals surface area contributed by atoms with Crippen LogP contribution in [0.5, 0.6) is 5.75 Å². The second-order valence-electron chi connectivity index (χ2n) is 5.01. The van der Waals surface area contributed by atoms with Crippen LogP contribution >= 0.6 is 0 Å². The molecule has 1 aliphatic rings. The van der Waals surface area contributed by atoms with Crippen molar-refractivity contribution < 1.29 is 17.9 Å². The van der Waals surface area contributed by atoms with E-state index in [1.807, 2.05) is 18.2 Å². The number of anilines is 1. The molecule has 1 unspecified atom stereocenters. The van der Waals surface area contributed by atoms with Crippen molar-refractivity contribution in [3.05, 3.63) is 59.2 Å². The van der Waals surface area contributed by atoms with E-state index in [2.05, 4.69) is 5.32 Å². The molecule has 0 amide bonds. The average Bonchev–Trinajstić information content (AvgIpc) is 2.90. The van der Waals surface area contributed by atoms with Gasteiger partial charge in [-0.1, -0.05) is 18.2 Å². The predicted octanol–water partition coefficient (Wildman–Crippen LogP) is 4.42. The SMILES string of the molecule is COc1cccc2c1CC(c1ccc(C(F)(F)F)cc1)N2. The Morgan fingerprint density at radius 3 is 2.43 bits per heavy atom. The van der Waals surface area contributed by atoms with Gasteiger partial charge in [0.25, 0.3) is 0 Å². The van der Waals surface area contributed by atoms with E-state index >= 15 is 0 Å². The summed E-state index contributed by atoms with van der Waals surface area (Å²) in [5, 5.41) is 3.32. The third-order valence-corrected chi connectivity index (χ3v) is 3.73. The number of methoxy groups -OCH3 is 1. The molecule has 0 fully saturated rings. The van der Waals surface area contributed by atoms with Gasteiger partial charge < -0.3 is 10.1 Å². The number of nitrogens with one attached hydrogen (secondary N) is 1. The lowest BCUT2D eigenvalue weighted by molar-refractivity contribution is -0.137. The van der Waals surface area contributed by atoms with Gasteiger partial charge >= 0.3 is 6.18 Å². The Hall–Kier alpha value is -2.17. The molecule has 1 aliphatic heterocycles. The number of alkyl halides is 3. The van der Waals surface area contributed by atoms with Crippen LogP contribution in [0.1, 0.15) is 22.7 Å². The first-order chi connectivity index (χ1) is 9.99. The third kappa shape index (κ3) is 2.55. The minimum Gasteiger partial charge on any atom is -0.496 e. The van der Waals surface area contributed by atoms with E-state index in [1.165, 1.54) is 12.1 Å². The summed E-state index contributed by atoms with van der Waals surface area (Å²) in [4.78, 5) is 0. The van der Waals surface area contributed by atoms with Crippen molar-refractivity contribution in [3.8, 4) is 5.75 Å². The normalized spacial score (nSPS) is 17.2.